The van der Waals surface area contributed by atoms with Crippen molar-refractivity contribution in [3.05, 3.63) is 0 Å². The van der Waals surface area contributed by atoms with Gasteiger partial charge in [-0.15, -0.1) is 0 Å². The molecule has 1 saturated carbocycles. The third-order valence-electron chi connectivity index (χ3n) is 8.18. The van der Waals surface area contributed by atoms with E-state index >= 15 is 0 Å². The molecule has 18 atom stereocenters. The Hall–Kier alpha value is -0.720. The van der Waals surface area contributed by atoms with E-state index in [0.717, 1.165) is 0 Å². The monoisotopic (exact) mass is 599 g/mol. The van der Waals surface area contributed by atoms with Gasteiger partial charge in [-0.3, -0.25) is 0 Å². The Morgan fingerprint density at radius 1 is 0.561 bits per heavy atom. The van der Waals surface area contributed by atoms with Crippen molar-refractivity contribution >= 4 is 0 Å². The molecular formula is C23H45N5O13. The summed E-state index contributed by atoms with van der Waals surface area (Å²) in [7, 11) is 0. The first-order valence-electron chi connectivity index (χ1n) is 13.7. The minimum absolute atomic E-state index is 0.0153. The van der Waals surface area contributed by atoms with Gasteiger partial charge >= 0.3 is 0 Å². The summed E-state index contributed by atoms with van der Waals surface area (Å²) in [5, 5.41) is 71.1. The van der Waals surface area contributed by atoms with Gasteiger partial charge in [0.1, 0.15) is 54.9 Å². The van der Waals surface area contributed by atoms with Crippen LogP contribution in [0.5, 0.6) is 0 Å². The Labute approximate surface area is 236 Å². The Bertz CT molecular complexity index is 837. The number of hydrogen-bond acceptors (Lipinski definition) is 18. The zero-order chi connectivity index (χ0) is 30.2. The van der Waals surface area contributed by atoms with Crippen LogP contribution in [0, 0.1) is 0 Å². The van der Waals surface area contributed by atoms with Crippen molar-refractivity contribution in [2.45, 2.75) is 123 Å². The molecule has 0 spiro atoms. The maximum atomic E-state index is 10.7. The van der Waals surface area contributed by atoms with Crippen molar-refractivity contribution in [3.8, 4) is 0 Å². The normalized spacial score (nSPS) is 53.0. The summed E-state index contributed by atoms with van der Waals surface area (Å²) in [6, 6.07) is -3.73. The maximum absolute atomic E-state index is 10.7. The van der Waals surface area contributed by atoms with Gasteiger partial charge < -0.3 is 92.8 Å². The van der Waals surface area contributed by atoms with Crippen molar-refractivity contribution < 1.29 is 64.2 Å². The molecule has 3 saturated heterocycles. The number of ether oxygens (including phenoxy) is 6. The highest BCUT2D eigenvalue weighted by atomic mass is 16.8. The van der Waals surface area contributed by atoms with Crippen LogP contribution in [0.15, 0.2) is 0 Å². The van der Waals surface area contributed by atoms with Crippen LogP contribution >= 0.6 is 0 Å². The molecule has 4 fully saturated rings. The molecule has 1 aliphatic carbocycles. The topological polar surface area (TPSA) is 327 Å². The van der Waals surface area contributed by atoms with E-state index in [2.05, 4.69) is 0 Å². The van der Waals surface area contributed by atoms with E-state index in [9.17, 15) is 35.7 Å². The average molecular weight is 600 g/mol. The molecule has 41 heavy (non-hydrogen) atoms. The second kappa shape index (κ2) is 13.9. The lowest BCUT2D eigenvalue weighted by Crippen LogP contribution is -2.69. The van der Waals surface area contributed by atoms with Gasteiger partial charge in [-0.05, 0) is 12.8 Å². The molecule has 4 aliphatic rings. The van der Waals surface area contributed by atoms with Crippen molar-refractivity contribution in [3.63, 3.8) is 0 Å². The average Bonchev–Trinajstić information content (AvgIpc) is 3.21. The Morgan fingerprint density at radius 2 is 1.05 bits per heavy atom. The van der Waals surface area contributed by atoms with Crippen LogP contribution in [0.2, 0.25) is 0 Å². The fourth-order valence-electron chi connectivity index (χ4n) is 5.69. The summed E-state index contributed by atoms with van der Waals surface area (Å²) in [6.45, 7) is -1.25. The molecule has 0 amide bonds. The quantitative estimate of drug-likeness (QED) is 0.117. The van der Waals surface area contributed by atoms with E-state index in [0.29, 0.717) is 0 Å². The number of aliphatic hydroxyl groups excluding tert-OH is 7. The van der Waals surface area contributed by atoms with Crippen LogP contribution in [-0.4, -0.2) is 166 Å². The van der Waals surface area contributed by atoms with Gasteiger partial charge in [-0.25, -0.2) is 0 Å². The number of rotatable bonds is 9. The number of hydrogen-bond donors (Lipinski definition) is 12. The summed E-state index contributed by atoms with van der Waals surface area (Å²) < 4.78 is 35.2. The molecule has 18 heteroatoms. The van der Waals surface area contributed by atoms with E-state index < -0.39 is 123 Å². The summed E-state index contributed by atoms with van der Waals surface area (Å²) in [5.74, 6) is 0. The molecule has 3 aliphatic heterocycles. The van der Waals surface area contributed by atoms with Crippen molar-refractivity contribution in [1.29, 1.82) is 0 Å². The van der Waals surface area contributed by atoms with E-state index in [-0.39, 0.29) is 19.4 Å². The van der Waals surface area contributed by atoms with Crippen LogP contribution in [0.3, 0.4) is 0 Å². The lowest BCUT2D eigenvalue weighted by Gasteiger charge is -2.49. The van der Waals surface area contributed by atoms with E-state index in [1.165, 1.54) is 0 Å². The Kier molecular flexibility index (Phi) is 11.3. The molecule has 0 aromatic heterocycles. The smallest absolute Gasteiger partial charge is 0.187 e. The Morgan fingerprint density at radius 3 is 1.59 bits per heavy atom. The van der Waals surface area contributed by atoms with Gasteiger partial charge in [0.25, 0.3) is 0 Å². The van der Waals surface area contributed by atoms with E-state index in [1.54, 1.807) is 0 Å². The minimum atomic E-state index is -1.59. The third kappa shape index (κ3) is 6.85. The van der Waals surface area contributed by atoms with Crippen molar-refractivity contribution in [2.24, 2.45) is 28.7 Å². The van der Waals surface area contributed by atoms with Gasteiger partial charge in [0, 0.05) is 18.6 Å². The van der Waals surface area contributed by atoms with Gasteiger partial charge in [0.05, 0.1) is 37.5 Å². The lowest BCUT2D eigenvalue weighted by molar-refractivity contribution is -0.332. The molecule has 240 valence electrons. The van der Waals surface area contributed by atoms with Gasteiger partial charge in [0.15, 0.2) is 18.9 Å². The zero-order valence-corrected chi connectivity index (χ0v) is 22.4. The van der Waals surface area contributed by atoms with Crippen LogP contribution in [0.25, 0.3) is 0 Å². The second-order valence-corrected chi connectivity index (χ2v) is 11.1. The standard InChI is InChI=1S/C23H45N5O13/c24-3-10-9(31)2-8(27)21(36-10)39-18-6(25)1-7(26)19(20(18)41-23-17(35)15(33)12(5-30)38-23)40-22-16(34)13(28)14(32)11(4-29)37-22/h6-23,29-35H,1-5,24-28H2/t6-,7+,8+,9-,10+,11+,12+,13-,14+,15+,16+,17+,18+,19-,20-,21+,22+,23-/m0/s1. The van der Waals surface area contributed by atoms with Gasteiger partial charge in [-0.1, -0.05) is 0 Å². The SMILES string of the molecule is NC[C@H]1O[C@H](O[C@H]2[C@H](O[C@@H]3O[C@H](CO)[C@@H](O)[C@H]3O)[C@@H](O[C@H]3O[C@H](CO)[C@@H](O)[C@H](N)[C@H]3O)[C@H](N)C[C@@H]2N)[C@H](N)C[C@@H]1O. The fourth-order valence-corrected chi connectivity index (χ4v) is 5.69. The molecule has 0 aromatic carbocycles. The number of nitrogens with two attached hydrogens (primary N) is 5. The van der Waals surface area contributed by atoms with Crippen LogP contribution in [0.1, 0.15) is 12.8 Å². The zero-order valence-electron chi connectivity index (χ0n) is 22.4. The first kappa shape index (κ1) is 33.2. The predicted molar refractivity (Wildman–Crippen MR) is 135 cm³/mol. The molecule has 17 N–H and O–H groups in total. The third-order valence-corrected chi connectivity index (χ3v) is 8.18. The summed E-state index contributed by atoms with van der Waals surface area (Å²) in [4.78, 5) is 0. The molecule has 0 bridgehead atoms. The number of aliphatic hydroxyl groups is 7. The maximum Gasteiger partial charge on any atom is 0.187 e. The molecule has 18 nitrogen and oxygen atoms in total. The molecule has 0 aromatic rings. The first-order chi connectivity index (χ1) is 19.4. The van der Waals surface area contributed by atoms with Crippen molar-refractivity contribution in [1.82, 2.24) is 0 Å². The van der Waals surface area contributed by atoms with Gasteiger partial charge in [0.2, 0.25) is 0 Å². The lowest BCUT2D eigenvalue weighted by atomic mass is 9.84. The molecule has 0 unspecified atom stereocenters. The second-order valence-electron chi connectivity index (χ2n) is 11.1. The van der Waals surface area contributed by atoms with E-state index in [4.69, 9.17) is 57.1 Å². The molecule has 3 heterocycles. The Balaban J connectivity index is 1.62. The molecule has 0 radical (unpaired) electrons. The highest BCUT2D eigenvalue weighted by Gasteiger charge is 2.54. The highest BCUT2D eigenvalue weighted by Crippen LogP contribution is 2.35. The fraction of sp³-hybridized carbons (Fsp3) is 1.00. The van der Waals surface area contributed by atoms with Crippen LogP contribution < -0.4 is 28.7 Å². The highest BCUT2D eigenvalue weighted by molar-refractivity contribution is 5.03. The van der Waals surface area contributed by atoms with Gasteiger partial charge in [-0.2, -0.15) is 0 Å². The summed E-state index contributed by atoms with van der Waals surface area (Å²) in [6.07, 6.45) is -17.5. The van der Waals surface area contributed by atoms with Crippen LogP contribution in [0.4, 0.5) is 0 Å². The molecular weight excluding hydrogens is 554 g/mol. The van der Waals surface area contributed by atoms with Crippen molar-refractivity contribution in [2.75, 3.05) is 19.8 Å². The van der Waals surface area contributed by atoms with Crippen LogP contribution in [-0.2, 0) is 28.4 Å². The first-order valence-corrected chi connectivity index (χ1v) is 13.7. The summed E-state index contributed by atoms with van der Waals surface area (Å²) >= 11 is 0. The molecule has 4 rings (SSSR count). The summed E-state index contributed by atoms with van der Waals surface area (Å²) in [5.41, 5.74) is 30.7. The van der Waals surface area contributed by atoms with E-state index in [1.807, 2.05) is 0 Å². The largest absolute Gasteiger partial charge is 0.394 e. The minimum Gasteiger partial charge on any atom is -0.394 e. The predicted octanol–water partition coefficient (Wildman–Crippen LogP) is -7.83.